The minimum absolute atomic E-state index is 0.245. The summed E-state index contributed by atoms with van der Waals surface area (Å²) in [4.78, 5) is 17.8. The number of nitrogens with zero attached hydrogens (tertiary/aromatic N) is 1. The zero-order chi connectivity index (χ0) is 16.7. The zero-order valence-corrected chi connectivity index (χ0v) is 14.2. The number of benzene rings is 2. The fourth-order valence-electron chi connectivity index (χ4n) is 3.62. The lowest BCUT2D eigenvalue weighted by atomic mass is 9.87. The molecule has 2 nitrogen and oxygen atoms in total. The molecule has 4 rings (SSSR count). The Bertz CT molecular complexity index is 923. The minimum atomic E-state index is -0.305. The van der Waals surface area contributed by atoms with E-state index in [0.29, 0.717) is 0 Å². The fraction of sp³-hybridized carbons (Fsp3) is 0.273. The summed E-state index contributed by atoms with van der Waals surface area (Å²) in [6, 6.07) is 18.3. The largest absolute Gasteiger partial charge is 0.293 e. The third-order valence-corrected chi connectivity index (χ3v) is 5.26. The zero-order valence-electron chi connectivity index (χ0n) is 14.2. The van der Waals surface area contributed by atoms with E-state index in [-0.39, 0.29) is 11.2 Å². The first kappa shape index (κ1) is 15.1. The van der Waals surface area contributed by atoms with Gasteiger partial charge in [-0.1, -0.05) is 37.3 Å². The van der Waals surface area contributed by atoms with Gasteiger partial charge in [0.1, 0.15) is 0 Å². The Labute approximate surface area is 142 Å². The smallest absolute Gasteiger partial charge is 0.173 e. The number of carbonyl (C=O) groups is 1. The number of aryl methyl sites for hydroxylation is 2. The Kier molecular flexibility index (Phi) is 3.49. The van der Waals surface area contributed by atoms with Crippen LogP contribution in [0, 0.1) is 6.92 Å². The molecule has 0 atom stereocenters. The van der Waals surface area contributed by atoms with Crippen LogP contribution in [-0.4, -0.2) is 10.8 Å². The van der Waals surface area contributed by atoms with Crippen LogP contribution in [0.4, 0.5) is 0 Å². The standard InChI is InChI=1S/C22H21NO/c1-3-16-13-18-14-17(9-10-20(18)23-15(16)2)21(24)22(11-12-22)19-7-5-4-6-8-19/h4-10,13-14H,3,11-12H2,1-2H3. The van der Waals surface area contributed by atoms with Gasteiger partial charge in [0.25, 0.3) is 0 Å². The number of fused-ring (bicyclic) bond motifs is 1. The van der Waals surface area contributed by atoms with Gasteiger partial charge >= 0.3 is 0 Å². The van der Waals surface area contributed by atoms with Gasteiger partial charge in [-0.05, 0) is 61.6 Å². The molecule has 0 N–H and O–H groups in total. The molecule has 0 saturated heterocycles. The van der Waals surface area contributed by atoms with Gasteiger partial charge in [0.05, 0.1) is 10.9 Å². The van der Waals surface area contributed by atoms with Crippen molar-refractivity contribution in [2.45, 2.75) is 38.5 Å². The third-order valence-electron chi connectivity index (χ3n) is 5.26. The Balaban J connectivity index is 1.76. The predicted molar refractivity (Wildman–Crippen MR) is 97.5 cm³/mol. The van der Waals surface area contributed by atoms with Crippen molar-refractivity contribution in [3.05, 3.63) is 77.0 Å². The van der Waals surface area contributed by atoms with E-state index in [2.05, 4.69) is 30.1 Å². The molecule has 1 saturated carbocycles. The average Bonchev–Trinajstić information content (AvgIpc) is 3.43. The van der Waals surface area contributed by atoms with Crippen molar-refractivity contribution in [1.82, 2.24) is 4.98 Å². The van der Waals surface area contributed by atoms with Crippen molar-refractivity contribution in [1.29, 1.82) is 0 Å². The summed E-state index contributed by atoms with van der Waals surface area (Å²) >= 11 is 0. The number of ketones is 1. The van der Waals surface area contributed by atoms with Crippen LogP contribution < -0.4 is 0 Å². The number of aromatic nitrogens is 1. The number of rotatable bonds is 4. The highest BCUT2D eigenvalue weighted by atomic mass is 16.1. The highest BCUT2D eigenvalue weighted by molar-refractivity contribution is 6.08. The maximum Gasteiger partial charge on any atom is 0.173 e. The number of hydrogen-bond donors (Lipinski definition) is 0. The summed E-state index contributed by atoms with van der Waals surface area (Å²) in [5.41, 5.74) is 4.93. The fourth-order valence-corrected chi connectivity index (χ4v) is 3.62. The van der Waals surface area contributed by atoms with Crippen LogP contribution in [-0.2, 0) is 11.8 Å². The molecule has 0 spiro atoms. The molecule has 24 heavy (non-hydrogen) atoms. The highest BCUT2D eigenvalue weighted by Crippen LogP contribution is 2.50. The topological polar surface area (TPSA) is 30.0 Å². The van der Waals surface area contributed by atoms with Crippen LogP contribution >= 0.6 is 0 Å². The molecule has 1 aromatic heterocycles. The van der Waals surface area contributed by atoms with E-state index in [1.165, 1.54) is 5.56 Å². The van der Waals surface area contributed by atoms with Crippen LogP contribution in [0.2, 0.25) is 0 Å². The summed E-state index contributed by atoms with van der Waals surface area (Å²) in [5, 5.41) is 1.06. The Morgan fingerprint density at radius 3 is 2.50 bits per heavy atom. The van der Waals surface area contributed by atoms with Crippen LogP contribution in [0.5, 0.6) is 0 Å². The first-order chi connectivity index (χ1) is 11.6. The van der Waals surface area contributed by atoms with Crippen molar-refractivity contribution in [3.63, 3.8) is 0 Å². The molecule has 1 heterocycles. The van der Waals surface area contributed by atoms with Gasteiger partial charge in [0, 0.05) is 16.6 Å². The van der Waals surface area contributed by atoms with Gasteiger partial charge < -0.3 is 0 Å². The second-order valence-electron chi connectivity index (χ2n) is 6.77. The Morgan fingerprint density at radius 2 is 1.83 bits per heavy atom. The Hall–Kier alpha value is -2.48. The minimum Gasteiger partial charge on any atom is -0.293 e. The molecule has 3 aromatic rings. The van der Waals surface area contributed by atoms with Crippen molar-refractivity contribution in [3.8, 4) is 0 Å². The third kappa shape index (κ3) is 2.34. The van der Waals surface area contributed by atoms with Crippen LogP contribution in [0.3, 0.4) is 0 Å². The summed E-state index contributed by atoms with van der Waals surface area (Å²) < 4.78 is 0. The van der Waals surface area contributed by atoms with Crippen molar-refractivity contribution in [2.24, 2.45) is 0 Å². The molecule has 0 unspecified atom stereocenters. The first-order valence-electron chi connectivity index (χ1n) is 8.65. The van der Waals surface area contributed by atoms with E-state index >= 15 is 0 Å². The van der Waals surface area contributed by atoms with Crippen molar-refractivity contribution >= 4 is 16.7 Å². The van der Waals surface area contributed by atoms with Gasteiger partial charge in [-0.15, -0.1) is 0 Å². The molecule has 0 aliphatic heterocycles. The predicted octanol–water partition coefficient (Wildman–Crippen LogP) is 5.02. The van der Waals surface area contributed by atoms with E-state index in [0.717, 1.165) is 47.0 Å². The van der Waals surface area contributed by atoms with Crippen LogP contribution in [0.1, 0.15) is 46.9 Å². The molecule has 0 radical (unpaired) electrons. The average molecular weight is 315 g/mol. The summed E-state index contributed by atoms with van der Waals surface area (Å²) in [5.74, 6) is 0.245. The lowest BCUT2D eigenvalue weighted by Gasteiger charge is -2.15. The first-order valence-corrected chi connectivity index (χ1v) is 8.65. The van der Waals surface area contributed by atoms with E-state index in [9.17, 15) is 4.79 Å². The van der Waals surface area contributed by atoms with Gasteiger partial charge in [-0.3, -0.25) is 9.78 Å². The lowest BCUT2D eigenvalue weighted by Crippen LogP contribution is -2.20. The molecule has 2 heteroatoms. The molecular weight excluding hydrogens is 294 g/mol. The molecular formula is C22H21NO. The molecule has 1 aliphatic rings. The lowest BCUT2D eigenvalue weighted by molar-refractivity contribution is 0.0946. The summed E-state index contributed by atoms with van der Waals surface area (Å²) in [7, 11) is 0. The van der Waals surface area contributed by atoms with Gasteiger partial charge in [-0.25, -0.2) is 0 Å². The number of hydrogen-bond acceptors (Lipinski definition) is 2. The van der Waals surface area contributed by atoms with Gasteiger partial charge in [0.15, 0.2) is 5.78 Å². The van der Waals surface area contributed by atoms with E-state index in [4.69, 9.17) is 0 Å². The monoisotopic (exact) mass is 315 g/mol. The van der Waals surface area contributed by atoms with Crippen molar-refractivity contribution in [2.75, 3.05) is 0 Å². The maximum atomic E-state index is 13.2. The van der Waals surface area contributed by atoms with Crippen molar-refractivity contribution < 1.29 is 4.79 Å². The number of carbonyl (C=O) groups excluding carboxylic acids is 1. The second-order valence-corrected chi connectivity index (χ2v) is 6.77. The summed E-state index contributed by atoms with van der Waals surface area (Å²) in [6.45, 7) is 4.19. The summed E-state index contributed by atoms with van der Waals surface area (Å²) in [6.07, 6.45) is 2.85. The molecule has 0 amide bonds. The van der Waals surface area contributed by atoms with Gasteiger partial charge in [0.2, 0.25) is 0 Å². The van der Waals surface area contributed by atoms with Gasteiger partial charge in [-0.2, -0.15) is 0 Å². The number of Topliss-reactive ketones (excluding diaryl/α,β-unsaturated/α-hetero) is 1. The van der Waals surface area contributed by atoms with E-state index < -0.39 is 0 Å². The normalized spacial score (nSPS) is 15.4. The molecule has 2 aromatic carbocycles. The Morgan fingerprint density at radius 1 is 1.08 bits per heavy atom. The SMILES string of the molecule is CCc1cc2cc(C(=O)C3(c4ccccc4)CC3)ccc2nc1C. The quantitative estimate of drug-likeness (QED) is 0.633. The van der Waals surface area contributed by atoms with Crippen LogP contribution in [0.25, 0.3) is 10.9 Å². The maximum absolute atomic E-state index is 13.2. The second kappa shape index (κ2) is 5.55. The molecule has 0 bridgehead atoms. The van der Waals surface area contributed by atoms with E-state index in [1.54, 1.807) is 0 Å². The van der Waals surface area contributed by atoms with Crippen LogP contribution in [0.15, 0.2) is 54.6 Å². The molecule has 1 aliphatic carbocycles. The molecule has 120 valence electrons. The van der Waals surface area contributed by atoms with E-state index in [1.807, 2.05) is 43.3 Å². The number of pyridine rings is 1. The highest BCUT2D eigenvalue weighted by Gasteiger charge is 2.51. The molecule has 1 fully saturated rings.